The molecule has 0 amide bonds. The Bertz CT molecular complexity index is 521. The minimum absolute atomic E-state index is 0.575. The number of benzene rings is 1. The Kier molecular flexibility index (Phi) is 4.77. The van der Waals surface area contributed by atoms with Gasteiger partial charge < -0.3 is 4.90 Å². The van der Waals surface area contributed by atoms with Crippen LogP contribution in [0.2, 0.25) is 0 Å². The van der Waals surface area contributed by atoms with Gasteiger partial charge in [-0.1, -0.05) is 18.9 Å². The maximum absolute atomic E-state index is 9.45. The summed E-state index contributed by atoms with van der Waals surface area (Å²) < 4.78 is 0. The molecule has 0 N–H and O–H groups in total. The maximum atomic E-state index is 9.45. The van der Waals surface area contributed by atoms with Crippen molar-refractivity contribution in [2.45, 2.75) is 24.7 Å². The van der Waals surface area contributed by atoms with E-state index in [1.165, 1.54) is 12.8 Å². The zero-order valence-electron chi connectivity index (χ0n) is 11.2. The van der Waals surface area contributed by atoms with E-state index in [9.17, 15) is 5.26 Å². The van der Waals surface area contributed by atoms with Crippen molar-refractivity contribution < 1.29 is 0 Å². The lowest BCUT2D eigenvalue weighted by molar-refractivity contribution is 0.763. The molecule has 98 valence electrons. The number of hydrogen-bond donors (Lipinski definition) is 0. The van der Waals surface area contributed by atoms with Crippen molar-refractivity contribution in [3.8, 4) is 18.4 Å². The molecule has 1 saturated carbocycles. The highest BCUT2D eigenvalue weighted by molar-refractivity contribution is 7.99. The first-order valence-electron chi connectivity index (χ1n) is 6.64. The highest BCUT2D eigenvalue weighted by atomic mass is 32.2. The van der Waals surface area contributed by atoms with Crippen LogP contribution in [0.1, 0.15) is 25.3 Å². The third kappa shape index (κ3) is 3.46. The third-order valence-corrected chi connectivity index (χ3v) is 4.15. The van der Waals surface area contributed by atoms with Crippen LogP contribution in [-0.4, -0.2) is 18.8 Å². The average Bonchev–Trinajstić information content (AvgIpc) is 3.22. The van der Waals surface area contributed by atoms with Crippen LogP contribution < -0.4 is 4.90 Å². The Labute approximate surface area is 119 Å². The summed E-state index contributed by atoms with van der Waals surface area (Å²) in [4.78, 5) is 3.23. The molecule has 1 aromatic carbocycles. The Morgan fingerprint density at radius 2 is 2.26 bits per heavy atom. The molecular weight excluding hydrogens is 252 g/mol. The number of terminal acetylenes is 1. The summed E-state index contributed by atoms with van der Waals surface area (Å²) in [6, 6.07) is 8.40. The molecule has 0 heterocycles. The minimum atomic E-state index is 0.575. The van der Waals surface area contributed by atoms with E-state index in [0.29, 0.717) is 6.54 Å². The largest absolute Gasteiger partial charge is 0.359 e. The van der Waals surface area contributed by atoms with Gasteiger partial charge in [-0.2, -0.15) is 5.26 Å². The smallest absolute Gasteiger partial charge is 0.103 e. The second kappa shape index (κ2) is 6.55. The standard InChI is InChI=1S/C16H18N2S/c1-3-10-18(12-13-8-9-13)15-6-5-7-16(19-4-2)14(15)11-17/h1,5-7,13H,4,8-10,12H2,2H3. The minimum Gasteiger partial charge on any atom is -0.359 e. The first-order valence-corrected chi connectivity index (χ1v) is 7.63. The molecule has 0 bridgehead atoms. The molecule has 1 aromatic rings. The van der Waals surface area contributed by atoms with Crippen LogP contribution in [0.4, 0.5) is 5.69 Å². The van der Waals surface area contributed by atoms with Crippen molar-refractivity contribution in [3.05, 3.63) is 23.8 Å². The monoisotopic (exact) mass is 270 g/mol. The fourth-order valence-corrected chi connectivity index (χ4v) is 2.92. The van der Waals surface area contributed by atoms with E-state index in [4.69, 9.17) is 6.42 Å². The Morgan fingerprint density at radius 1 is 1.47 bits per heavy atom. The van der Waals surface area contributed by atoms with Gasteiger partial charge in [0.1, 0.15) is 6.07 Å². The van der Waals surface area contributed by atoms with Crippen LogP contribution in [0, 0.1) is 29.6 Å². The lowest BCUT2D eigenvalue weighted by Crippen LogP contribution is -2.27. The Morgan fingerprint density at radius 3 is 2.84 bits per heavy atom. The van der Waals surface area contributed by atoms with E-state index in [1.807, 2.05) is 18.2 Å². The molecular formula is C16H18N2S. The van der Waals surface area contributed by atoms with E-state index in [0.717, 1.165) is 34.4 Å². The van der Waals surface area contributed by atoms with E-state index in [1.54, 1.807) is 11.8 Å². The predicted octanol–water partition coefficient (Wildman–Crippen LogP) is 3.52. The van der Waals surface area contributed by atoms with Crippen LogP contribution in [0.5, 0.6) is 0 Å². The zero-order chi connectivity index (χ0) is 13.7. The molecule has 0 aliphatic heterocycles. The lowest BCUT2D eigenvalue weighted by Gasteiger charge is -2.24. The van der Waals surface area contributed by atoms with Crippen molar-refractivity contribution in [3.63, 3.8) is 0 Å². The SMILES string of the molecule is C#CCN(CC1CC1)c1cccc(SCC)c1C#N. The molecule has 19 heavy (non-hydrogen) atoms. The zero-order valence-corrected chi connectivity index (χ0v) is 12.0. The molecule has 1 fully saturated rings. The van der Waals surface area contributed by atoms with Crippen molar-refractivity contribution in [2.75, 3.05) is 23.7 Å². The topological polar surface area (TPSA) is 27.0 Å². The van der Waals surface area contributed by atoms with Gasteiger partial charge in [0.15, 0.2) is 0 Å². The van der Waals surface area contributed by atoms with Crippen LogP contribution in [0.3, 0.4) is 0 Å². The molecule has 0 spiro atoms. The van der Waals surface area contributed by atoms with E-state index >= 15 is 0 Å². The highest BCUT2D eigenvalue weighted by Crippen LogP contribution is 2.34. The summed E-state index contributed by atoms with van der Waals surface area (Å²) in [5, 5.41) is 9.45. The number of nitriles is 1. The maximum Gasteiger partial charge on any atom is 0.103 e. The van der Waals surface area contributed by atoms with Gasteiger partial charge in [0, 0.05) is 11.4 Å². The van der Waals surface area contributed by atoms with E-state index in [-0.39, 0.29) is 0 Å². The van der Waals surface area contributed by atoms with Gasteiger partial charge >= 0.3 is 0 Å². The van der Waals surface area contributed by atoms with Crippen LogP contribution in [0.25, 0.3) is 0 Å². The first-order chi connectivity index (χ1) is 9.30. The molecule has 1 aliphatic rings. The number of anilines is 1. The fourth-order valence-electron chi connectivity index (χ4n) is 2.14. The Hall–Kier alpha value is -1.58. The Balaban J connectivity index is 2.32. The van der Waals surface area contributed by atoms with Crippen LogP contribution >= 0.6 is 11.8 Å². The average molecular weight is 270 g/mol. The second-order valence-electron chi connectivity index (χ2n) is 4.72. The summed E-state index contributed by atoms with van der Waals surface area (Å²) in [5.41, 5.74) is 1.76. The molecule has 0 radical (unpaired) electrons. The van der Waals surface area contributed by atoms with E-state index in [2.05, 4.69) is 23.8 Å². The van der Waals surface area contributed by atoms with Gasteiger partial charge in [0.25, 0.3) is 0 Å². The van der Waals surface area contributed by atoms with Crippen molar-refractivity contribution >= 4 is 17.4 Å². The van der Waals surface area contributed by atoms with Crippen molar-refractivity contribution in [1.29, 1.82) is 5.26 Å². The van der Waals surface area contributed by atoms with Gasteiger partial charge in [-0.3, -0.25) is 0 Å². The molecule has 3 heteroatoms. The molecule has 0 atom stereocenters. The van der Waals surface area contributed by atoms with E-state index < -0.39 is 0 Å². The van der Waals surface area contributed by atoms with Crippen molar-refractivity contribution in [1.82, 2.24) is 0 Å². The fraction of sp³-hybridized carbons (Fsp3) is 0.438. The summed E-state index contributed by atoms with van der Waals surface area (Å²) >= 11 is 1.71. The number of rotatable bonds is 6. The summed E-state index contributed by atoms with van der Waals surface area (Å²) in [5.74, 6) is 4.43. The highest BCUT2D eigenvalue weighted by Gasteiger charge is 2.25. The van der Waals surface area contributed by atoms with Gasteiger partial charge in [-0.05, 0) is 36.6 Å². The van der Waals surface area contributed by atoms with Gasteiger partial charge in [0.2, 0.25) is 0 Å². The molecule has 0 unspecified atom stereocenters. The number of thioether (sulfide) groups is 1. The van der Waals surface area contributed by atoms with Gasteiger partial charge in [0.05, 0.1) is 17.8 Å². The summed E-state index contributed by atoms with van der Waals surface area (Å²) in [7, 11) is 0. The van der Waals surface area contributed by atoms with Crippen LogP contribution in [-0.2, 0) is 0 Å². The van der Waals surface area contributed by atoms with Crippen molar-refractivity contribution in [2.24, 2.45) is 5.92 Å². The summed E-state index contributed by atoms with van der Waals surface area (Å²) in [6.07, 6.45) is 8.04. The van der Waals surface area contributed by atoms with Gasteiger partial charge in [-0.25, -0.2) is 0 Å². The molecule has 2 rings (SSSR count). The van der Waals surface area contributed by atoms with Gasteiger partial charge in [-0.15, -0.1) is 18.2 Å². The summed E-state index contributed by atoms with van der Waals surface area (Å²) in [6.45, 7) is 3.65. The molecule has 1 aliphatic carbocycles. The lowest BCUT2D eigenvalue weighted by atomic mass is 10.1. The predicted molar refractivity (Wildman–Crippen MR) is 81.3 cm³/mol. The molecule has 2 nitrogen and oxygen atoms in total. The second-order valence-corrected chi connectivity index (χ2v) is 6.03. The molecule has 0 saturated heterocycles. The number of hydrogen-bond acceptors (Lipinski definition) is 3. The number of nitrogens with zero attached hydrogens (tertiary/aromatic N) is 2. The third-order valence-electron chi connectivity index (χ3n) is 3.21. The quantitative estimate of drug-likeness (QED) is 0.584. The normalized spacial score (nSPS) is 13.6. The first kappa shape index (κ1) is 13.8. The van der Waals surface area contributed by atoms with Crippen LogP contribution in [0.15, 0.2) is 23.1 Å². The molecule has 0 aromatic heterocycles.